The molecule has 2 N–H and O–H groups in total. The number of guanidine groups is 1. The zero-order valence-electron chi connectivity index (χ0n) is 13.3. The Morgan fingerprint density at radius 2 is 2.19 bits per heavy atom. The molecule has 1 rings (SSSR count). The minimum Gasteiger partial charge on any atom is -0.357 e. The lowest BCUT2D eigenvalue weighted by atomic mass is 10.3. The standard InChI is InChI=1S/C14H26N4O2S/c1-5-15-14(16-10-13-6-8-18(3)11-13)17-12(2)7-9-21(4,19)20/h6,8,11-12H,5,7,9-10H2,1-4H3,(H2,15,16,17). The zero-order chi connectivity index (χ0) is 15.9. The van der Waals surface area contributed by atoms with E-state index in [0.29, 0.717) is 18.9 Å². The van der Waals surface area contributed by atoms with Gasteiger partial charge in [-0.15, -0.1) is 0 Å². The molecule has 0 spiro atoms. The number of nitrogens with zero attached hydrogens (tertiary/aromatic N) is 2. The van der Waals surface area contributed by atoms with Crippen molar-refractivity contribution >= 4 is 15.8 Å². The van der Waals surface area contributed by atoms with Gasteiger partial charge in [0.25, 0.3) is 0 Å². The Bertz CT molecular complexity index is 563. The van der Waals surface area contributed by atoms with Crippen LogP contribution in [0.15, 0.2) is 23.5 Å². The predicted molar refractivity (Wildman–Crippen MR) is 87.2 cm³/mol. The van der Waals surface area contributed by atoms with Gasteiger partial charge in [0.1, 0.15) is 9.84 Å². The molecule has 0 saturated heterocycles. The molecule has 0 saturated carbocycles. The van der Waals surface area contributed by atoms with E-state index in [9.17, 15) is 8.42 Å². The van der Waals surface area contributed by atoms with E-state index in [4.69, 9.17) is 0 Å². The lowest BCUT2D eigenvalue weighted by Crippen LogP contribution is -2.42. The van der Waals surface area contributed by atoms with Gasteiger partial charge in [0.2, 0.25) is 0 Å². The SMILES string of the molecule is CCNC(=NCc1ccn(C)c1)NC(C)CCS(C)(=O)=O. The molecule has 21 heavy (non-hydrogen) atoms. The summed E-state index contributed by atoms with van der Waals surface area (Å²) >= 11 is 0. The molecule has 0 aliphatic carbocycles. The Kier molecular flexibility index (Phi) is 6.74. The van der Waals surface area contributed by atoms with E-state index in [2.05, 4.69) is 15.6 Å². The minimum atomic E-state index is -2.92. The van der Waals surface area contributed by atoms with Crippen LogP contribution in [-0.2, 0) is 23.4 Å². The third-order valence-corrected chi connectivity index (χ3v) is 3.94. The number of sulfone groups is 1. The second-order valence-electron chi connectivity index (χ2n) is 5.34. The van der Waals surface area contributed by atoms with Gasteiger partial charge in [-0.3, -0.25) is 0 Å². The van der Waals surface area contributed by atoms with E-state index >= 15 is 0 Å². The first kappa shape index (κ1) is 17.6. The number of aromatic nitrogens is 1. The Balaban J connectivity index is 2.55. The van der Waals surface area contributed by atoms with Gasteiger partial charge in [0.15, 0.2) is 5.96 Å². The van der Waals surface area contributed by atoms with Crippen molar-refractivity contribution in [1.29, 1.82) is 0 Å². The van der Waals surface area contributed by atoms with Gasteiger partial charge in [-0.2, -0.15) is 0 Å². The maximum Gasteiger partial charge on any atom is 0.191 e. The van der Waals surface area contributed by atoms with Crippen LogP contribution in [0.25, 0.3) is 0 Å². The lowest BCUT2D eigenvalue weighted by molar-refractivity contribution is 0.581. The molecule has 0 aromatic carbocycles. The molecule has 0 radical (unpaired) electrons. The molecule has 120 valence electrons. The first-order valence-electron chi connectivity index (χ1n) is 7.13. The monoisotopic (exact) mass is 314 g/mol. The van der Waals surface area contributed by atoms with Gasteiger partial charge >= 0.3 is 0 Å². The molecule has 0 amide bonds. The molecular weight excluding hydrogens is 288 g/mol. The fourth-order valence-corrected chi connectivity index (χ4v) is 2.62. The Morgan fingerprint density at radius 3 is 2.71 bits per heavy atom. The van der Waals surface area contributed by atoms with Gasteiger partial charge in [0.05, 0.1) is 12.3 Å². The van der Waals surface area contributed by atoms with Crippen LogP contribution in [0.5, 0.6) is 0 Å². The summed E-state index contributed by atoms with van der Waals surface area (Å²) in [5.74, 6) is 0.890. The highest BCUT2D eigenvalue weighted by atomic mass is 32.2. The molecule has 1 aromatic rings. The van der Waals surface area contributed by atoms with Crippen molar-refractivity contribution in [3.8, 4) is 0 Å². The van der Waals surface area contributed by atoms with Crippen molar-refractivity contribution in [2.45, 2.75) is 32.9 Å². The average Bonchev–Trinajstić information content (AvgIpc) is 2.79. The summed E-state index contributed by atoms with van der Waals surface area (Å²) in [7, 11) is -0.947. The van der Waals surface area contributed by atoms with Crippen molar-refractivity contribution in [2.24, 2.45) is 12.0 Å². The van der Waals surface area contributed by atoms with Crippen LogP contribution in [0, 0.1) is 0 Å². The minimum absolute atomic E-state index is 0.0494. The Morgan fingerprint density at radius 1 is 1.48 bits per heavy atom. The van der Waals surface area contributed by atoms with Crippen molar-refractivity contribution in [3.05, 3.63) is 24.0 Å². The fraction of sp³-hybridized carbons (Fsp3) is 0.643. The van der Waals surface area contributed by atoms with Gasteiger partial charge in [-0.05, 0) is 31.9 Å². The molecule has 0 fully saturated rings. The highest BCUT2D eigenvalue weighted by Gasteiger charge is 2.09. The van der Waals surface area contributed by atoms with E-state index in [1.807, 2.05) is 43.9 Å². The quantitative estimate of drug-likeness (QED) is 0.579. The number of rotatable bonds is 7. The van der Waals surface area contributed by atoms with Gasteiger partial charge < -0.3 is 15.2 Å². The van der Waals surface area contributed by atoms with Crippen LogP contribution in [-0.4, -0.2) is 43.5 Å². The number of hydrogen-bond acceptors (Lipinski definition) is 3. The summed E-state index contributed by atoms with van der Waals surface area (Å²) in [4.78, 5) is 4.51. The summed E-state index contributed by atoms with van der Waals surface area (Å²) < 4.78 is 24.4. The number of aryl methyl sites for hydroxylation is 1. The molecule has 6 nitrogen and oxygen atoms in total. The normalized spacial score (nSPS) is 14.0. The first-order valence-corrected chi connectivity index (χ1v) is 9.19. The molecule has 0 bridgehead atoms. The number of aliphatic imine (C=N–C) groups is 1. The average molecular weight is 314 g/mol. The molecule has 0 aliphatic heterocycles. The fourth-order valence-electron chi connectivity index (χ4n) is 1.84. The number of nitrogens with one attached hydrogen (secondary N) is 2. The van der Waals surface area contributed by atoms with Crippen molar-refractivity contribution in [3.63, 3.8) is 0 Å². The van der Waals surface area contributed by atoms with Crippen LogP contribution in [0.1, 0.15) is 25.8 Å². The highest BCUT2D eigenvalue weighted by Crippen LogP contribution is 2.01. The smallest absolute Gasteiger partial charge is 0.191 e. The molecule has 0 aliphatic rings. The Hall–Kier alpha value is -1.50. The second-order valence-corrected chi connectivity index (χ2v) is 7.60. The largest absolute Gasteiger partial charge is 0.357 e. The topological polar surface area (TPSA) is 75.5 Å². The van der Waals surface area contributed by atoms with E-state index in [1.54, 1.807) is 0 Å². The molecule has 7 heteroatoms. The van der Waals surface area contributed by atoms with Crippen LogP contribution < -0.4 is 10.6 Å². The van der Waals surface area contributed by atoms with Gasteiger partial charge in [-0.25, -0.2) is 13.4 Å². The van der Waals surface area contributed by atoms with Crippen LogP contribution in [0.2, 0.25) is 0 Å². The van der Waals surface area contributed by atoms with Crippen LogP contribution in [0.4, 0.5) is 0 Å². The number of hydrogen-bond donors (Lipinski definition) is 2. The van der Waals surface area contributed by atoms with E-state index in [1.165, 1.54) is 6.26 Å². The van der Waals surface area contributed by atoms with E-state index in [-0.39, 0.29) is 11.8 Å². The molecule has 1 atom stereocenters. The van der Waals surface area contributed by atoms with Gasteiger partial charge in [-0.1, -0.05) is 0 Å². The second kappa shape index (κ2) is 8.07. The summed E-state index contributed by atoms with van der Waals surface area (Å²) in [5, 5.41) is 6.41. The third kappa shape index (κ3) is 7.75. The maximum absolute atomic E-state index is 11.2. The molecular formula is C14H26N4O2S. The third-order valence-electron chi connectivity index (χ3n) is 2.96. The van der Waals surface area contributed by atoms with Crippen molar-refractivity contribution in [2.75, 3.05) is 18.6 Å². The lowest BCUT2D eigenvalue weighted by Gasteiger charge is -2.17. The Labute approximate surface area is 127 Å². The first-order chi connectivity index (χ1) is 9.80. The van der Waals surface area contributed by atoms with Crippen molar-refractivity contribution in [1.82, 2.24) is 15.2 Å². The van der Waals surface area contributed by atoms with Crippen LogP contribution >= 0.6 is 0 Å². The van der Waals surface area contributed by atoms with E-state index < -0.39 is 9.84 Å². The van der Waals surface area contributed by atoms with Crippen molar-refractivity contribution < 1.29 is 8.42 Å². The van der Waals surface area contributed by atoms with Gasteiger partial charge in [0, 0.05) is 38.3 Å². The zero-order valence-corrected chi connectivity index (χ0v) is 14.1. The molecule has 1 unspecified atom stereocenters. The molecule has 1 aromatic heterocycles. The van der Waals surface area contributed by atoms with E-state index in [0.717, 1.165) is 12.1 Å². The summed E-state index contributed by atoms with van der Waals surface area (Å²) in [6.07, 6.45) is 5.84. The highest BCUT2D eigenvalue weighted by molar-refractivity contribution is 7.90. The molecule has 1 heterocycles. The van der Waals surface area contributed by atoms with Crippen LogP contribution in [0.3, 0.4) is 0 Å². The predicted octanol–water partition coefficient (Wildman–Crippen LogP) is 0.903. The summed E-state index contributed by atoms with van der Waals surface area (Å²) in [6.45, 7) is 5.32. The summed E-state index contributed by atoms with van der Waals surface area (Å²) in [5.41, 5.74) is 1.14. The summed E-state index contributed by atoms with van der Waals surface area (Å²) in [6, 6.07) is 2.08. The maximum atomic E-state index is 11.2.